The molecule has 0 fully saturated rings. The highest BCUT2D eigenvalue weighted by Gasteiger charge is 2.23. The van der Waals surface area contributed by atoms with Gasteiger partial charge in [0.2, 0.25) is 10.0 Å². The molecule has 136 valence electrons. The van der Waals surface area contributed by atoms with Gasteiger partial charge < -0.3 is 9.26 Å². The second-order valence-electron chi connectivity index (χ2n) is 5.73. The number of sulfonamides is 1. The molecule has 3 aromatic rings. The topological polar surface area (TPSA) is 94.3 Å². The van der Waals surface area contributed by atoms with Crippen molar-refractivity contribution in [2.75, 3.05) is 0 Å². The number of ether oxygens (including phenoxy) is 1. The molecule has 0 saturated carbocycles. The van der Waals surface area contributed by atoms with Crippen molar-refractivity contribution in [1.29, 1.82) is 0 Å². The predicted octanol–water partition coefficient (Wildman–Crippen LogP) is 2.74. The summed E-state index contributed by atoms with van der Waals surface area (Å²) >= 11 is 0. The molecule has 3 rings (SSSR count). The number of nitrogens with zero attached hydrogens (tertiary/aromatic N) is 2. The molecule has 26 heavy (non-hydrogen) atoms. The number of nitrogens with one attached hydrogen (secondary N) is 1. The molecular weight excluding hydrogens is 354 g/mol. The predicted molar refractivity (Wildman–Crippen MR) is 95.0 cm³/mol. The number of aromatic nitrogens is 2. The number of hydrogen-bond donors (Lipinski definition) is 1. The van der Waals surface area contributed by atoms with E-state index >= 15 is 0 Å². The van der Waals surface area contributed by atoms with Crippen molar-refractivity contribution in [3.05, 3.63) is 71.4 Å². The van der Waals surface area contributed by atoms with Gasteiger partial charge in [0.05, 0.1) is 5.69 Å². The minimum Gasteiger partial charge on any atom is -0.487 e. The van der Waals surface area contributed by atoms with E-state index in [0.29, 0.717) is 18.1 Å². The molecule has 0 aliphatic rings. The number of hydrogen-bond acceptors (Lipinski definition) is 6. The lowest BCUT2D eigenvalue weighted by molar-refractivity contribution is 0.301. The van der Waals surface area contributed by atoms with Crippen molar-refractivity contribution in [3.63, 3.8) is 0 Å². The SMILES string of the molecule is Cc1noc(C)c1S(=O)(=O)NCc1ccc(OCc2ccccn2)cc1. The lowest BCUT2D eigenvalue weighted by Crippen LogP contribution is -2.24. The summed E-state index contributed by atoms with van der Waals surface area (Å²) in [5.74, 6) is 0.959. The summed E-state index contributed by atoms with van der Waals surface area (Å²) in [5.41, 5.74) is 1.99. The van der Waals surface area contributed by atoms with Crippen molar-refractivity contribution < 1.29 is 17.7 Å². The van der Waals surface area contributed by atoms with Crippen molar-refractivity contribution in [3.8, 4) is 5.75 Å². The summed E-state index contributed by atoms with van der Waals surface area (Å²) in [6.07, 6.45) is 1.72. The number of benzene rings is 1. The van der Waals surface area contributed by atoms with Gasteiger partial charge in [-0.15, -0.1) is 0 Å². The third-order valence-electron chi connectivity index (χ3n) is 3.74. The Kier molecular flexibility index (Phi) is 5.34. The van der Waals surface area contributed by atoms with Crippen LogP contribution >= 0.6 is 0 Å². The zero-order valence-corrected chi connectivity index (χ0v) is 15.3. The Balaban J connectivity index is 1.59. The van der Waals surface area contributed by atoms with E-state index in [1.807, 2.05) is 30.3 Å². The monoisotopic (exact) mass is 373 g/mol. The molecule has 0 bridgehead atoms. The highest BCUT2D eigenvalue weighted by atomic mass is 32.2. The quantitative estimate of drug-likeness (QED) is 0.684. The molecule has 0 spiro atoms. The molecular formula is C18H19N3O4S. The van der Waals surface area contributed by atoms with Crippen molar-refractivity contribution in [2.24, 2.45) is 0 Å². The van der Waals surface area contributed by atoms with E-state index in [1.165, 1.54) is 0 Å². The summed E-state index contributed by atoms with van der Waals surface area (Å²) in [7, 11) is -3.68. The van der Waals surface area contributed by atoms with Gasteiger partial charge in [-0.2, -0.15) is 0 Å². The minimum atomic E-state index is -3.68. The van der Waals surface area contributed by atoms with E-state index in [-0.39, 0.29) is 17.2 Å². The van der Waals surface area contributed by atoms with Crippen LogP contribution in [0.3, 0.4) is 0 Å². The van der Waals surface area contributed by atoms with Crippen molar-refractivity contribution in [2.45, 2.75) is 31.9 Å². The van der Waals surface area contributed by atoms with Crippen LogP contribution in [0.5, 0.6) is 5.75 Å². The first-order chi connectivity index (χ1) is 12.5. The fraction of sp³-hybridized carbons (Fsp3) is 0.222. The minimum absolute atomic E-state index is 0.0906. The zero-order valence-electron chi connectivity index (χ0n) is 14.5. The first-order valence-electron chi connectivity index (χ1n) is 8.00. The highest BCUT2D eigenvalue weighted by Crippen LogP contribution is 2.19. The van der Waals surface area contributed by atoms with Gasteiger partial charge in [0, 0.05) is 12.7 Å². The molecule has 0 aliphatic heterocycles. The van der Waals surface area contributed by atoms with Gasteiger partial charge in [0.15, 0.2) is 5.76 Å². The molecule has 0 saturated heterocycles. The van der Waals surface area contributed by atoms with Crippen LogP contribution in [0.15, 0.2) is 58.1 Å². The number of aryl methyl sites for hydroxylation is 2. The second-order valence-corrected chi connectivity index (χ2v) is 7.44. The maximum atomic E-state index is 12.4. The normalized spacial score (nSPS) is 11.5. The van der Waals surface area contributed by atoms with Gasteiger partial charge in [-0.25, -0.2) is 13.1 Å². The van der Waals surface area contributed by atoms with Gasteiger partial charge in [-0.3, -0.25) is 4.98 Å². The van der Waals surface area contributed by atoms with E-state index < -0.39 is 10.0 Å². The van der Waals surface area contributed by atoms with Gasteiger partial charge in [-0.05, 0) is 43.7 Å². The van der Waals surface area contributed by atoms with Gasteiger partial charge >= 0.3 is 0 Å². The molecule has 0 unspecified atom stereocenters. The Morgan fingerprint density at radius 2 is 1.88 bits per heavy atom. The molecule has 1 aromatic carbocycles. The van der Waals surface area contributed by atoms with Crippen molar-refractivity contribution in [1.82, 2.24) is 14.9 Å². The van der Waals surface area contributed by atoms with E-state index in [9.17, 15) is 8.42 Å². The maximum absolute atomic E-state index is 12.4. The highest BCUT2D eigenvalue weighted by molar-refractivity contribution is 7.89. The van der Waals surface area contributed by atoms with E-state index in [1.54, 1.807) is 32.2 Å². The molecule has 0 atom stereocenters. The third-order valence-corrected chi connectivity index (χ3v) is 5.38. The van der Waals surface area contributed by atoms with E-state index in [0.717, 1.165) is 11.3 Å². The Morgan fingerprint density at radius 3 is 2.50 bits per heavy atom. The average Bonchev–Trinajstić information content (AvgIpc) is 2.99. The molecule has 0 amide bonds. The van der Waals surface area contributed by atoms with Crippen LogP contribution in [0.1, 0.15) is 22.7 Å². The molecule has 2 heterocycles. The van der Waals surface area contributed by atoms with Crippen LogP contribution in [0.25, 0.3) is 0 Å². The summed E-state index contributed by atoms with van der Waals surface area (Å²) in [6.45, 7) is 3.70. The van der Waals surface area contributed by atoms with Crippen LogP contribution in [0.4, 0.5) is 0 Å². The zero-order chi connectivity index (χ0) is 18.6. The standard InChI is InChI=1S/C18H19N3O4S/c1-13-18(14(2)25-21-13)26(22,23)20-11-15-6-8-17(9-7-15)24-12-16-5-3-4-10-19-16/h3-10,20H,11-12H2,1-2H3. The lowest BCUT2D eigenvalue weighted by Gasteiger charge is -2.08. The number of pyridine rings is 1. The molecule has 7 nitrogen and oxygen atoms in total. The lowest BCUT2D eigenvalue weighted by atomic mass is 10.2. The molecule has 2 aromatic heterocycles. The Labute approximate surface area is 152 Å². The van der Waals surface area contributed by atoms with Gasteiger partial charge in [0.25, 0.3) is 0 Å². The van der Waals surface area contributed by atoms with Gasteiger partial charge in [0.1, 0.15) is 22.9 Å². The van der Waals surface area contributed by atoms with E-state index in [4.69, 9.17) is 9.26 Å². The molecule has 1 N–H and O–H groups in total. The smallest absolute Gasteiger partial charge is 0.246 e. The Bertz CT molecular complexity index is 948. The fourth-order valence-electron chi connectivity index (χ4n) is 2.45. The van der Waals surface area contributed by atoms with Crippen LogP contribution < -0.4 is 9.46 Å². The van der Waals surface area contributed by atoms with Gasteiger partial charge in [-0.1, -0.05) is 23.4 Å². The van der Waals surface area contributed by atoms with Crippen LogP contribution in [0, 0.1) is 13.8 Å². The first-order valence-corrected chi connectivity index (χ1v) is 9.48. The van der Waals surface area contributed by atoms with E-state index in [2.05, 4.69) is 14.9 Å². The average molecular weight is 373 g/mol. The summed E-state index contributed by atoms with van der Waals surface area (Å²) in [6, 6.07) is 12.8. The largest absolute Gasteiger partial charge is 0.487 e. The maximum Gasteiger partial charge on any atom is 0.246 e. The van der Waals surface area contributed by atoms with Crippen LogP contribution in [-0.2, 0) is 23.2 Å². The first kappa shape index (κ1) is 18.1. The third kappa shape index (κ3) is 4.27. The second kappa shape index (κ2) is 7.67. The summed E-state index contributed by atoms with van der Waals surface area (Å²) in [5, 5.41) is 3.68. The van der Waals surface area contributed by atoms with Crippen molar-refractivity contribution >= 4 is 10.0 Å². The molecule has 8 heteroatoms. The summed E-state index contributed by atoms with van der Waals surface area (Å²) in [4.78, 5) is 4.28. The summed E-state index contributed by atoms with van der Waals surface area (Å²) < 4.78 is 37.9. The molecule has 0 radical (unpaired) electrons. The van der Waals surface area contributed by atoms with Crippen LogP contribution in [0.2, 0.25) is 0 Å². The Morgan fingerprint density at radius 1 is 1.12 bits per heavy atom. The Hall–Kier alpha value is -2.71. The molecule has 0 aliphatic carbocycles. The fourth-order valence-corrected chi connectivity index (χ4v) is 3.80. The van der Waals surface area contributed by atoms with Crippen LogP contribution in [-0.4, -0.2) is 18.6 Å². The number of rotatable bonds is 7.